The lowest BCUT2D eigenvalue weighted by Gasteiger charge is -2.19. The van der Waals surface area contributed by atoms with Crippen LogP contribution in [0.4, 0.5) is 4.39 Å². The number of benzene rings is 1. The van der Waals surface area contributed by atoms with E-state index < -0.39 is 5.82 Å². The third-order valence-corrected chi connectivity index (χ3v) is 2.63. The van der Waals surface area contributed by atoms with Gasteiger partial charge in [-0.1, -0.05) is 12.1 Å². The Balaban J connectivity index is 2.49. The first-order valence-corrected chi connectivity index (χ1v) is 5.90. The average Bonchev–Trinajstić information content (AvgIpc) is 2.36. The third kappa shape index (κ3) is 4.91. The van der Waals surface area contributed by atoms with E-state index in [1.54, 1.807) is 11.0 Å². The van der Waals surface area contributed by atoms with Crippen molar-refractivity contribution in [3.05, 3.63) is 35.6 Å². The van der Waals surface area contributed by atoms with E-state index in [4.69, 9.17) is 10.2 Å². The van der Waals surface area contributed by atoms with Gasteiger partial charge in [0.2, 0.25) is 0 Å². The van der Waals surface area contributed by atoms with Crippen molar-refractivity contribution in [2.45, 2.75) is 6.42 Å². The van der Waals surface area contributed by atoms with Gasteiger partial charge < -0.3 is 10.2 Å². The summed E-state index contributed by atoms with van der Waals surface area (Å²) < 4.78 is 12.9. The fraction of sp³-hybridized carbons (Fsp3) is 0.462. The van der Waals surface area contributed by atoms with Gasteiger partial charge in [-0.2, -0.15) is 0 Å². The maximum absolute atomic E-state index is 12.9. The van der Waals surface area contributed by atoms with Crippen LogP contribution in [0.25, 0.3) is 0 Å². The zero-order chi connectivity index (χ0) is 13.4. The van der Waals surface area contributed by atoms with E-state index in [-0.39, 0.29) is 25.4 Å². The van der Waals surface area contributed by atoms with Crippen molar-refractivity contribution in [1.82, 2.24) is 4.90 Å². The summed E-state index contributed by atoms with van der Waals surface area (Å²) in [6, 6.07) is 5.58. The smallest absolute Gasteiger partial charge is 0.164 e. The number of Topliss-reactive ketones (excluding diaryl/α,β-unsaturated/α-hetero) is 1. The van der Waals surface area contributed by atoms with E-state index in [0.29, 0.717) is 25.2 Å². The maximum Gasteiger partial charge on any atom is 0.164 e. The summed E-state index contributed by atoms with van der Waals surface area (Å²) in [6.07, 6.45) is 0.240. The minimum Gasteiger partial charge on any atom is -0.395 e. The molecule has 0 radical (unpaired) electrons. The van der Waals surface area contributed by atoms with Crippen molar-refractivity contribution < 1.29 is 19.4 Å². The van der Waals surface area contributed by atoms with Gasteiger partial charge >= 0.3 is 0 Å². The Hall–Kier alpha value is -1.30. The molecule has 100 valence electrons. The first-order chi connectivity index (χ1) is 8.67. The van der Waals surface area contributed by atoms with E-state index >= 15 is 0 Å². The van der Waals surface area contributed by atoms with Crippen molar-refractivity contribution in [2.75, 3.05) is 32.8 Å². The number of aliphatic hydroxyl groups excluding tert-OH is 2. The fourth-order valence-electron chi connectivity index (χ4n) is 1.68. The van der Waals surface area contributed by atoms with Gasteiger partial charge in [0.05, 0.1) is 13.2 Å². The topological polar surface area (TPSA) is 60.8 Å². The number of hydrogen-bond donors (Lipinski definition) is 2. The number of nitrogens with zero attached hydrogens (tertiary/aromatic N) is 1. The van der Waals surface area contributed by atoms with Crippen LogP contribution >= 0.6 is 0 Å². The van der Waals surface area contributed by atoms with Crippen molar-refractivity contribution in [3.63, 3.8) is 0 Å². The molecule has 0 aliphatic rings. The molecule has 18 heavy (non-hydrogen) atoms. The zero-order valence-electron chi connectivity index (χ0n) is 10.2. The summed E-state index contributed by atoms with van der Waals surface area (Å²) in [6.45, 7) is 1.23. The number of aliphatic hydroxyl groups is 2. The van der Waals surface area contributed by atoms with Crippen LogP contribution in [0.15, 0.2) is 24.3 Å². The lowest BCUT2D eigenvalue weighted by molar-refractivity contribution is 0.0946. The molecule has 0 aliphatic heterocycles. The Labute approximate surface area is 106 Å². The lowest BCUT2D eigenvalue weighted by atomic mass is 10.1. The fourth-order valence-corrected chi connectivity index (χ4v) is 1.68. The van der Waals surface area contributed by atoms with Crippen LogP contribution in [-0.2, 0) is 0 Å². The van der Waals surface area contributed by atoms with E-state index in [9.17, 15) is 9.18 Å². The molecule has 2 N–H and O–H groups in total. The summed E-state index contributed by atoms with van der Waals surface area (Å²) in [5.41, 5.74) is 0.350. The van der Waals surface area contributed by atoms with E-state index in [0.717, 1.165) is 0 Å². The molecule has 0 spiro atoms. The minimum absolute atomic E-state index is 0.0197. The van der Waals surface area contributed by atoms with Gasteiger partial charge in [0, 0.05) is 31.6 Å². The highest BCUT2D eigenvalue weighted by atomic mass is 19.1. The van der Waals surface area contributed by atoms with Gasteiger partial charge in [-0.25, -0.2) is 4.39 Å². The van der Waals surface area contributed by atoms with Gasteiger partial charge in [0.15, 0.2) is 5.78 Å². The second-order valence-corrected chi connectivity index (χ2v) is 3.97. The minimum atomic E-state index is -0.427. The SMILES string of the molecule is O=C(CCN(CCO)CCO)c1cccc(F)c1. The first-order valence-electron chi connectivity index (χ1n) is 5.90. The van der Waals surface area contributed by atoms with Crippen molar-refractivity contribution in [3.8, 4) is 0 Å². The van der Waals surface area contributed by atoms with Gasteiger partial charge in [0.1, 0.15) is 5.82 Å². The van der Waals surface area contributed by atoms with Crippen LogP contribution in [0.2, 0.25) is 0 Å². The number of ketones is 1. The molecule has 0 heterocycles. The van der Waals surface area contributed by atoms with Crippen molar-refractivity contribution in [2.24, 2.45) is 0 Å². The van der Waals surface area contributed by atoms with Crippen LogP contribution in [0.3, 0.4) is 0 Å². The maximum atomic E-state index is 12.9. The van der Waals surface area contributed by atoms with Crippen LogP contribution in [0.1, 0.15) is 16.8 Å². The predicted molar refractivity (Wildman–Crippen MR) is 66.0 cm³/mol. The Morgan fingerprint density at radius 1 is 1.17 bits per heavy atom. The van der Waals surface area contributed by atoms with Crippen LogP contribution in [0, 0.1) is 5.82 Å². The molecule has 0 saturated heterocycles. The van der Waals surface area contributed by atoms with Crippen LogP contribution < -0.4 is 0 Å². The normalized spacial score (nSPS) is 10.9. The van der Waals surface area contributed by atoms with E-state index in [1.165, 1.54) is 18.2 Å². The number of rotatable bonds is 8. The molecule has 0 unspecified atom stereocenters. The summed E-state index contributed by atoms with van der Waals surface area (Å²) in [5, 5.41) is 17.6. The zero-order valence-corrected chi connectivity index (χ0v) is 10.2. The molecule has 0 aromatic heterocycles. The predicted octanol–water partition coefficient (Wildman–Crippen LogP) is 0.685. The second-order valence-electron chi connectivity index (χ2n) is 3.97. The monoisotopic (exact) mass is 255 g/mol. The highest BCUT2D eigenvalue weighted by Crippen LogP contribution is 2.07. The Bertz CT molecular complexity index is 378. The Morgan fingerprint density at radius 2 is 1.83 bits per heavy atom. The molecule has 1 aromatic carbocycles. The van der Waals surface area contributed by atoms with Gasteiger partial charge in [-0.15, -0.1) is 0 Å². The third-order valence-electron chi connectivity index (χ3n) is 2.63. The largest absolute Gasteiger partial charge is 0.395 e. The molecular weight excluding hydrogens is 237 g/mol. The molecule has 0 fully saturated rings. The molecule has 0 saturated carbocycles. The summed E-state index contributed by atoms with van der Waals surface area (Å²) >= 11 is 0. The number of carbonyl (C=O) groups is 1. The first kappa shape index (κ1) is 14.8. The van der Waals surface area contributed by atoms with E-state index in [1.807, 2.05) is 0 Å². The lowest BCUT2D eigenvalue weighted by Crippen LogP contribution is -2.31. The van der Waals surface area contributed by atoms with Crippen LogP contribution in [-0.4, -0.2) is 53.7 Å². The van der Waals surface area contributed by atoms with Gasteiger partial charge in [-0.05, 0) is 12.1 Å². The van der Waals surface area contributed by atoms with Crippen molar-refractivity contribution >= 4 is 5.78 Å². The highest BCUT2D eigenvalue weighted by Gasteiger charge is 2.10. The van der Waals surface area contributed by atoms with Crippen LogP contribution in [0.5, 0.6) is 0 Å². The summed E-state index contributed by atoms with van der Waals surface area (Å²) in [4.78, 5) is 13.6. The average molecular weight is 255 g/mol. The standard InChI is InChI=1S/C13H18FNO3/c14-12-3-1-2-11(10-12)13(18)4-5-15(6-8-16)7-9-17/h1-3,10,16-17H,4-9H2. The summed E-state index contributed by atoms with van der Waals surface area (Å²) in [7, 11) is 0. The molecular formula is C13H18FNO3. The molecule has 1 aromatic rings. The Kier molecular flexibility index (Phi) is 6.49. The number of carbonyl (C=O) groups excluding carboxylic acids is 1. The molecule has 4 nitrogen and oxygen atoms in total. The number of hydrogen-bond acceptors (Lipinski definition) is 4. The molecule has 0 aliphatic carbocycles. The molecule has 1 rings (SSSR count). The molecule has 5 heteroatoms. The van der Waals surface area contributed by atoms with Gasteiger partial charge in [-0.3, -0.25) is 9.69 Å². The Morgan fingerprint density at radius 3 is 2.39 bits per heavy atom. The van der Waals surface area contributed by atoms with Gasteiger partial charge in [0.25, 0.3) is 0 Å². The second kappa shape index (κ2) is 7.92. The molecule has 0 atom stereocenters. The highest BCUT2D eigenvalue weighted by molar-refractivity contribution is 5.96. The summed E-state index contributed by atoms with van der Waals surface area (Å²) in [5.74, 6) is -0.571. The number of halogens is 1. The van der Waals surface area contributed by atoms with E-state index in [2.05, 4.69) is 0 Å². The van der Waals surface area contributed by atoms with Crippen molar-refractivity contribution in [1.29, 1.82) is 0 Å². The molecule has 0 bridgehead atoms. The quantitative estimate of drug-likeness (QED) is 0.671. The molecule has 0 amide bonds.